The summed E-state index contributed by atoms with van der Waals surface area (Å²) in [5.41, 5.74) is 0. The maximum Gasteiger partial charge on any atom is 0.217 e. The molecule has 6 heteroatoms. The molecule has 0 unspecified atom stereocenters. The first-order valence-corrected chi connectivity index (χ1v) is 3.77. The second-order valence-corrected chi connectivity index (χ2v) is 2.95. The fraction of sp³-hybridized carbons (Fsp3) is 0.833. The first-order valence-electron chi connectivity index (χ1n) is 3.33. The SMILES string of the molecule is C[C@H](O)[C@H](O)[C@@H](O)[C@@H](O)C(=O)S. The molecule has 0 aromatic carbocycles. The topological polar surface area (TPSA) is 98.0 Å². The summed E-state index contributed by atoms with van der Waals surface area (Å²) in [6.07, 6.45) is -6.27. The summed E-state index contributed by atoms with van der Waals surface area (Å²) >= 11 is 3.25. The molecule has 4 N–H and O–H groups in total. The summed E-state index contributed by atoms with van der Waals surface area (Å²) in [5.74, 6) is 0. The summed E-state index contributed by atoms with van der Waals surface area (Å²) in [5, 5.41) is 34.6. The highest BCUT2D eigenvalue weighted by Gasteiger charge is 2.30. The lowest BCUT2D eigenvalue weighted by Gasteiger charge is -2.22. The van der Waals surface area contributed by atoms with Crippen molar-refractivity contribution in [1.82, 2.24) is 0 Å². The molecule has 4 atom stereocenters. The number of aliphatic hydroxyl groups excluding tert-OH is 4. The zero-order valence-electron chi connectivity index (χ0n) is 6.45. The summed E-state index contributed by atoms with van der Waals surface area (Å²) < 4.78 is 0. The molecule has 0 saturated heterocycles. The lowest BCUT2D eigenvalue weighted by molar-refractivity contribution is -0.135. The van der Waals surface area contributed by atoms with Crippen molar-refractivity contribution >= 4 is 17.7 Å². The average Bonchev–Trinajstić information content (AvgIpc) is 2.00. The normalized spacial score (nSPS) is 21.2. The smallest absolute Gasteiger partial charge is 0.217 e. The van der Waals surface area contributed by atoms with E-state index in [1.165, 1.54) is 6.92 Å². The molecule has 0 aliphatic carbocycles. The van der Waals surface area contributed by atoms with Gasteiger partial charge in [0.05, 0.1) is 6.10 Å². The number of hydrogen-bond acceptors (Lipinski definition) is 5. The molecule has 0 aliphatic rings. The molecule has 0 heterocycles. The van der Waals surface area contributed by atoms with Gasteiger partial charge in [-0.3, -0.25) is 4.79 Å². The zero-order chi connectivity index (χ0) is 9.89. The van der Waals surface area contributed by atoms with Gasteiger partial charge in [0.25, 0.3) is 0 Å². The number of carbonyl (C=O) groups excluding carboxylic acids is 1. The first-order chi connectivity index (χ1) is 5.37. The Balaban J connectivity index is 4.18. The molecule has 0 aromatic rings. The number of carbonyl (C=O) groups is 1. The molecule has 0 rings (SSSR count). The van der Waals surface area contributed by atoms with Gasteiger partial charge in [-0.2, -0.15) is 0 Å². The molecule has 0 fully saturated rings. The first kappa shape index (κ1) is 11.9. The van der Waals surface area contributed by atoms with Crippen molar-refractivity contribution in [2.24, 2.45) is 0 Å². The molecule has 0 aromatic heterocycles. The Morgan fingerprint density at radius 2 is 1.58 bits per heavy atom. The van der Waals surface area contributed by atoms with Crippen LogP contribution in [0.25, 0.3) is 0 Å². The van der Waals surface area contributed by atoms with Crippen LogP contribution in [-0.4, -0.2) is 50.0 Å². The Bertz CT molecular complexity index is 160. The number of thiol groups is 1. The van der Waals surface area contributed by atoms with Crippen LogP contribution in [0.2, 0.25) is 0 Å². The molecular weight excluding hydrogens is 184 g/mol. The van der Waals surface area contributed by atoms with Gasteiger partial charge in [-0.15, -0.1) is 12.6 Å². The van der Waals surface area contributed by atoms with E-state index < -0.39 is 29.5 Å². The molecule has 0 amide bonds. The van der Waals surface area contributed by atoms with Crippen LogP contribution in [0.3, 0.4) is 0 Å². The van der Waals surface area contributed by atoms with Gasteiger partial charge < -0.3 is 20.4 Å². The summed E-state index contributed by atoms with van der Waals surface area (Å²) in [7, 11) is 0. The highest BCUT2D eigenvalue weighted by molar-refractivity contribution is 7.96. The lowest BCUT2D eigenvalue weighted by atomic mass is 10.1. The Kier molecular flexibility index (Phi) is 4.73. The summed E-state index contributed by atoms with van der Waals surface area (Å²) in [6, 6.07) is 0. The molecule has 5 nitrogen and oxygen atoms in total. The Labute approximate surface area is 75.1 Å². The predicted octanol–water partition coefficient (Wildman–Crippen LogP) is -2.09. The fourth-order valence-corrected chi connectivity index (χ4v) is 0.771. The van der Waals surface area contributed by atoms with Crippen LogP contribution >= 0.6 is 12.6 Å². The molecule has 0 aliphatic heterocycles. The van der Waals surface area contributed by atoms with Crippen LogP contribution in [0, 0.1) is 0 Å². The van der Waals surface area contributed by atoms with Gasteiger partial charge in [-0.05, 0) is 6.92 Å². The van der Waals surface area contributed by atoms with Crippen molar-refractivity contribution in [3.8, 4) is 0 Å². The summed E-state index contributed by atoms with van der Waals surface area (Å²) in [4.78, 5) is 10.4. The highest BCUT2D eigenvalue weighted by Crippen LogP contribution is 2.06. The van der Waals surface area contributed by atoms with E-state index in [-0.39, 0.29) is 0 Å². The van der Waals surface area contributed by atoms with Crippen LogP contribution in [0.15, 0.2) is 0 Å². The van der Waals surface area contributed by atoms with Gasteiger partial charge in [-0.25, -0.2) is 0 Å². The van der Waals surface area contributed by atoms with Crippen LogP contribution in [0.4, 0.5) is 0 Å². The molecular formula is C6H12O5S. The Hall–Kier alpha value is -0.140. The van der Waals surface area contributed by atoms with Gasteiger partial charge in [0.15, 0.2) is 6.10 Å². The standard InChI is InChI=1S/C6H12O5S/c1-2(7)3(8)4(9)5(10)6(11)12/h2-5,7-10H,1H3,(H,11,12)/t2-,3-,4+,5+/m0/s1. The van der Waals surface area contributed by atoms with E-state index in [1.807, 2.05) is 0 Å². The van der Waals surface area contributed by atoms with E-state index in [4.69, 9.17) is 20.4 Å². The third kappa shape index (κ3) is 3.08. The largest absolute Gasteiger partial charge is 0.391 e. The molecule has 12 heavy (non-hydrogen) atoms. The minimum absolute atomic E-state index is 0.956. The molecule has 72 valence electrons. The highest BCUT2D eigenvalue weighted by atomic mass is 32.1. The van der Waals surface area contributed by atoms with Gasteiger partial charge in [0.2, 0.25) is 5.12 Å². The third-order valence-electron chi connectivity index (χ3n) is 1.42. The third-order valence-corrected chi connectivity index (χ3v) is 1.69. The van der Waals surface area contributed by atoms with Crippen LogP contribution in [0.1, 0.15) is 6.92 Å². The van der Waals surface area contributed by atoms with Gasteiger partial charge in [0, 0.05) is 0 Å². The monoisotopic (exact) mass is 196 g/mol. The van der Waals surface area contributed by atoms with Gasteiger partial charge >= 0.3 is 0 Å². The summed E-state index contributed by atoms with van der Waals surface area (Å²) in [6.45, 7) is 1.23. The van der Waals surface area contributed by atoms with Crippen molar-refractivity contribution < 1.29 is 25.2 Å². The van der Waals surface area contributed by atoms with Crippen molar-refractivity contribution in [2.75, 3.05) is 0 Å². The van der Waals surface area contributed by atoms with E-state index in [0.717, 1.165) is 0 Å². The van der Waals surface area contributed by atoms with Crippen LogP contribution in [0.5, 0.6) is 0 Å². The Morgan fingerprint density at radius 1 is 1.17 bits per heavy atom. The van der Waals surface area contributed by atoms with Crippen molar-refractivity contribution in [2.45, 2.75) is 31.3 Å². The van der Waals surface area contributed by atoms with Crippen LogP contribution < -0.4 is 0 Å². The van der Waals surface area contributed by atoms with E-state index in [9.17, 15) is 4.79 Å². The van der Waals surface area contributed by atoms with Crippen molar-refractivity contribution in [3.05, 3.63) is 0 Å². The molecule has 0 bridgehead atoms. The number of aliphatic hydroxyl groups is 4. The van der Waals surface area contributed by atoms with E-state index >= 15 is 0 Å². The average molecular weight is 196 g/mol. The molecule has 0 radical (unpaired) electrons. The fourth-order valence-electron chi connectivity index (χ4n) is 0.618. The van der Waals surface area contributed by atoms with E-state index in [0.29, 0.717) is 0 Å². The quantitative estimate of drug-likeness (QED) is 0.332. The van der Waals surface area contributed by atoms with Gasteiger partial charge in [0.1, 0.15) is 12.2 Å². The number of hydrogen-bond donors (Lipinski definition) is 5. The predicted molar refractivity (Wildman–Crippen MR) is 43.7 cm³/mol. The molecule has 0 saturated carbocycles. The van der Waals surface area contributed by atoms with E-state index in [1.54, 1.807) is 0 Å². The van der Waals surface area contributed by atoms with Crippen molar-refractivity contribution in [1.29, 1.82) is 0 Å². The maximum atomic E-state index is 10.4. The Morgan fingerprint density at radius 3 is 1.83 bits per heavy atom. The number of rotatable bonds is 4. The lowest BCUT2D eigenvalue weighted by Crippen LogP contribution is -2.45. The second kappa shape index (κ2) is 4.78. The van der Waals surface area contributed by atoms with Crippen molar-refractivity contribution in [3.63, 3.8) is 0 Å². The van der Waals surface area contributed by atoms with Gasteiger partial charge in [-0.1, -0.05) is 0 Å². The molecule has 0 spiro atoms. The minimum atomic E-state index is -1.78. The minimum Gasteiger partial charge on any atom is -0.391 e. The van der Waals surface area contributed by atoms with Crippen LogP contribution in [-0.2, 0) is 4.79 Å². The van der Waals surface area contributed by atoms with E-state index in [2.05, 4.69) is 12.6 Å². The second-order valence-electron chi connectivity index (χ2n) is 2.50. The zero-order valence-corrected chi connectivity index (χ0v) is 7.35. The maximum absolute atomic E-state index is 10.4.